The van der Waals surface area contributed by atoms with E-state index in [1.807, 2.05) is 7.05 Å². The van der Waals surface area contributed by atoms with E-state index in [9.17, 15) is 0 Å². The van der Waals surface area contributed by atoms with Crippen LogP contribution in [-0.2, 0) is 4.74 Å². The summed E-state index contributed by atoms with van der Waals surface area (Å²) in [5, 5.41) is 3.08. The fraction of sp³-hybridized carbons (Fsp3) is 0.800. The maximum Gasteiger partial charge on any atom is 0.0967 e. The Bertz CT molecular complexity index is 188. The average molecular weight is 182 g/mol. The molecule has 2 unspecified atom stereocenters. The lowest BCUT2D eigenvalue weighted by Gasteiger charge is -2.34. The van der Waals surface area contributed by atoms with Gasteiger partial charge in [0.2, 0.25) is 0 Å². The lowest BCUT2D eigenvalue weighted by Crippen LogP contribution is -2.50. The quantitative estimate of drug-likeness (QED) is 0.618. The number of morpholine rings is 1. The van der Waals surface area contributed by atoms with Crippen molar-refractivity contribution in [3.63, 3.8) is 0 Å². The van der Waals surface area contributed by atoms with Crippen molar-refractivity contribution < 1.29 is 4.74 Å². The summed E-state index contributed by atoms with van der Waals surface area (Å²) in [4.78, 5) is 2.36. The summed E-state index contributed by atoms with van der Waals surface area (Å²) < 4.78 is 5.61. The topological polar surface area (TPSA) is 24.5 Å². The van der Waals surface area contributed by atoms with Crippen molar-refractivity contribution in [2.24, 2.45) is 0 Å². The molecule has 1 rings (SSSR count). The Balaban J connectivity index is 2.46. The van der Waals surface area contributed by atoms with Gasteiger partial charge in [0.1, 0.15) is 0 Å². The second kappa shape index (κ2) is 5.23. The van der Waals surface area contributed by atoms with E-state index in [0.29, 0.717) is 0 Å². The van der Waals surface area contributed by atoms with E-state index in [1.165, 1.54) is 0 Å². The number of nitrogens with zero attached hydrogens (tertiary/aromatic N) is 1. The zero-order valence-electron chi connectivity index (χ0n) is 8.42. The third-order valence-corrected chi connectivity index (χ3v) is 2.49. The van der Waals surface area contributed by atoms with Crippen LogP contribution in [0.3, 0.4) is 0 Å². The molecule has 3 heteroatoms. The Morgan fingerprint density at radius 2 is 2.54 bits per heavy atom. The standard InChI is InChI=1S/C10H18N2O/c1-4-9(11-3)10-8-12(5-2)6-7-13-10/h1,9-11H,5-8H2,2-3H3. The van der Waals surface area contributed by atoms with E-state index in [1.54, 1.807) is 0 Å². The fourth-order valence-corrected chi connectivity index (χ4v) is 1.60. The van der Waals surface area contributed by atoms with Gasteiger partial charge in [-0.05, 0) is 13.6 Å². The number of hydrogen-bond acceptors (Lipinski definition) is 3. The highest BCUT2D eigenvalue weighted by molar-refractivity contribution is 5.03. The first-order chi connectivity index (χ1) is 6.31. The van der Waals surface area contributed by atoms with E-state index < -0.39 is 0 Å². The van der Waals surface area contributed by atoms with Gasteiger partial charge in [-0.1, -0.05) is 12.8 Å². The van der Waals surface area contributed by atoms with Crippen LogP contribution in [0.25, 0.3) is 0 Å². The highest BCUT2D eigenvalue weighted by Gasteiger charge is 2.24. The summed E-state index contributed by atoms with van der Waals surface area (Å²) in [5.74, 6) is 2.70. The third-order valence-electron chi connectivity index (χ3n) is 2.49. The molecule has 74 valence electrons. The molecule has 0 bridgehead atoms. The molecule has 0 radical (unpaired) electrons. The predicted octanol–water partition coefficient (Wildman–Crippen LogP) is -0.0717. The first-order valence-corrected chi connectivity index (χ1v) is 4.79. The van der Waals surface area contributed by atoms with Crippen molar-refractivity contribution in [1.82, 2.24) is 10.2 Å². The van der Waals surface area contributed by atoms with Crippen molar-refractivity contribution in [2.45, 2.75) is 19.1 Å². The molecule has 13 heavy (non-hydrogen) atoms. The molecule has 3 nitrogen and oxygen atoms in total. The molecule has 0 saturated carbocycles. The Morgan fingerprint density at radius 1 is 1.77 bits per heavy atom. The minimum Gasteiger partial charge on any atom is -0.373 e. The van der Waals surface area contributed by atoms with Crippen LogP contribution in [0.2, 0.25) is 0 Å². The zero-order chi connectivity index (χ0) is 9.68. The van der Waals surface area contributed by atoms with Gasteiger partial charge in [0.15, 0.2) is 0 Å². The smallest absolute Gasteiger partial charge is 0.0967 e. The number of terminal acetylenes is 1. The summed E-state index contributed by atoms with van der Waals surface area (Å²) in [5.41, 5.74) is 0. The molecule has 0 amide bonds. The van der Waals surface area contributed by atoms with Gasteiger partial charge < -0.3 is 10.1 Å². The average Bonchev–Trinajstić information content (AvgIpc) is 2.20. The fourth-order valence-electron chi connectivity index (χ4n) is 1.60. The zero-order valence-corrected chi connectivity index (χ0v) is 8.42. The van der Waals surface area contributed by atoms with E-state index in [0.717, 1.165) is 26.2 Å². The van der Waals surface area contributed by atoms with Gasteiger partial charge in [-0.2, -0.15) is 0 Å². The minimum absolute atomic E-state index is 0.0364. The highest BCUT2D eigenvalue weighted by atomic mass is 16.5. The molecule has 0 aromatic heterocycles. The van der Waals surface area contributed by atoms with Crippen LogP contribution >= 0.6 is 0 Å². The lowest BCUT2D eigenvalue weighted by molar-refractivity contribution is -0.0346. The molecule has 1 aliphatic rings. The molecule has 1 saturated heterocycles. The summed E-state index contributed by atoms with van der Waals surface area (Å²) >= 11 is 0. The van der Waals surface area contributed by atoms with Gasteiger partial charge in [0.05, 0.1) is 18.8 Å². The number of nitrogens with one attached hydrogen (secondary N) is 1. The summed E-state index contributed by atoms with van der Waals surface area (Å²) in [7, 11) is 1.87. The van der Waals surface area contributed by atoms with Crippen LogP contribution in [0.4, 0.5) is 0 Å². The Hall–Kier alpha value is -0.560. The number of likely N-dealkylation sites (N-methyl/N-ethyl adjacent to an activating group) is 2. The molecular weight excluding hydrogens is 164 g/mol. The minimum atomic E-state index is 0.0364. The van der Waals surface area contributed by atoms with Crippen LogP contribution in [0.5, 0.6) is 0 Å². The lowest BCUT2D eigenvalue weighted by atomic mass is 10.1. The van der Waals surface area contributed by atoms with Gasteiger partial charge in [-0.3, -0.25) is 4.90 Å². The van der Waals surface area contributed by atoms with Crippen LogP contribution in [0.15, 0.2) is 0 Å². The predicted molar refractivity (Wildman–Crippen MR) is 53.5 cm³/mol. The van der Waals surface area contributed by atoms with Gasteiger partial charge in [0, 0.05) is 13.1 Å². The molecule has 1 heterocycles. The Labute approximate surface area is 80.4 Å². The molecule has 0 aromatic carbocycles. The van der Waals surface area contributed by atoms with Crippen LogP contribution in [0, 0.1) is 12.3 Å². The molecule has 0 aromatic rings. The summed E-state index contributed by atoms with van der Waals surface area (Å²) in [6, 6.07) is 0.0364. The van der Waals surface area contributed by atoms with Gasteiger partial charge in [-0.25, -0.2) is 0 Å². The Morgan fingerprint density at radius 3 is 3.08 bits per heavy atom. The van der Waals surface area contributed by atoms with E-state index in [2.05, 4.69) is 23.1 Å². The summed E-state index contributed by atoms with van der Waals surface area (Å²) in [6.45, 7) is 5.98. The Kier molecular flexibility index (Phi) is 4.23. The molecule has 1 aliphatic heterocycles. The van der Waals surface area contributed by atoms with Gasteiger partial charge >= 0.3 is 0 Å². The molecule has 1 N–H and O–H groups in total. The highest BCUT2D eigenvalue weighted by Crippen LogP contribution is 2.07. The van der Waals surface area contributed by atoms with Crippen LogP contribution in [0.1, 0.15) is 6.92 Å². The third kappa shape index (κ3) is 2.70. The monoisotopic (exact) mass is 182 g/mol. The summed E-state index contributed by atoms with van der Waals surface area (Å²) in [6.07, 6.45) is 5.53. The van der Waals surface area contributed by atoms with E-state index in [-0.39, 0.29) is 12.1 Å². The van der Waals surface area contributed by atoms with Gasteiger partial charge in [-0.15, -0.1) is 6.42 Å². The van der Waals surface area contributed by atoms with Crippen molar-refractivity contribution in [3.05, 3.63) is 0 Å². The van der Waals surface area contributed by atoms with Crippen LogP contribution in [-0.4, -0.2) is 50.3 Å². The number of rotatable bonds is 3. The molecule has 1 fully saturated rings. The molecular formula is C10H18N2O. The SMILES string of the molecule is C#CC(NC)C1CN(CC)CCO1. The first-order valence-electron chi connectivity index (χ1n) is 4.79. The van der Waals surface area contributed by atoms with Crippen molar-refractivity contribution >= 4 is 0 Å². The number of ether oxygens (including phenoxy) is 1. The van der Waals surface area contributed by atoms with Crippen molar-refractivity contribution in [3.8, 4) is 12.3 Å². The van der Waals surface area contributed by atoms with Crippen LogP contribution < -0.4 is 5.32 Å². The first kappa shape index (κ1) is 10.5. The second-order valence-corrected chi connectivity index (χ2v) is 3.24. The van der Waals surface area contributed by atoms with Gasteiger partial charge in [0.25, 0.3) is 0 Å². The molecule has 0 spiro atoms. The number of hydrogen-bond donors (Lipinski definition) is 1. The van der Waals surface area contributed by atoms with E-state index in [4.69, 9.17) is 11.2 Å². The maximum atomic E-state index is 5.61. The maximum absolute atomic E-state index is 5.61. The van der Waals surface area contributed by atoms with Crippen molar-refractivity contribution in [2.75, 3.05) is 33.3 Å². The van der Waals surface area contributed by atoms with Crippen molar-refractivity contribution in [1.29, 1.82) is 0 Å². The molecule has 2 atom stereocenters. The largest absolute Gasteiger partial charge is 0.373 e. The molecule has 0 aliphatic carbocycles. The normalized spacial score (nSPS) is 26.7. The second-order valence-electron chi connectivity index (χ2n) is 3.24. The van der Waals surface area contributed by atoms with E-state index >= 15 is 0 Å².